The van der Waals surface area contributed by atoms with E-state index in [0.717, 1.165) is 40.5 Å². The van der Waals surface area contributed by atoms with E-state index in [1.165, 1.54) is 12.1 Å². The van der Waals surface area contributed by atoms with E-state index in [4.69, 9.17) is 4.74 Å². The van der Waals surface area contributed by atoms with Gasteiger partial charge in [0, 0.05) is 10.6 Å². The van der Waals surface area contributed by atoms with Crippen molar-refractivity contribution in [3.8, 4) is 5.75 Å². The molecule has 132 valence electrons. The second-order valence-electron chi connectivity index (χ2n) is 6.64. The maximum absolute atomic E-state index is 12.8. The summed E-state index contributed by atoms with van der Waals surface area (Å²) in [5, 5.41) is 2.90. The Balaban J connectivity index is 1.42. The molecule has 1 aliphatic heterocycles. The van der Waals surface area contributed by atoms with Crippen LogP contribution in [0.3, 0.4) is 0 Å². The fraction of sp³-hybridized carbons (Fsp3) is 0.350. The Morgan fingerprint density at radius 3 is 2.64 bits per heavy atom. The average Bonchev–Trinajstić information content (AvgIpc) is 2.82. The monoisotopic (exact) mass is 359 g/mol. The minimum absolute atomic E-state index is 0.0254. The number of ether oxygens (including phenoxy) is 1. The molecule has 0 unspecified atom stereocenters. The number of carbonyl (C=O) groups excluding carboxylic acids is 1. The van der Waals surface area contributed by atoms with Crippen molar-refractivity contribution in [1.29, 1.82) is 0 Å². The number of carbonyl (C=O) groups is 1. The number of fused-ring (bicyclic) bond motifs is 1. The number of nitrogens with one attached hydrogen (secondary N) is 1. The molecular weight excluding hydrogens is 337 g/mol. The van der Waals surface area contributed by atoms with Gasteiger partial charge in [0.05, 0.1) is 12.0 Å². The maximum atomic E-state index is 12.8. The third kappa shape index (κ3) is 4.15. The van der Waals surface area contributed by atoms with E-state index < -0.39 is 5.41 Å². The Hall–Kier alpha value is -2.01. The van der Waals surface area contributed by atoms with E-state index in [9.17, 15) is 9.18 Å². The van der Waals surface area contributed by atoms with E-state index >= 15 is 0 Å². The summed E-state index contributed by atoms with van der Waals surface area (Å²) in [5.74, 6) is 1.60. The van der Waals surface area contributed by atoms with Crippen LogP contribution in [0.15, 0.2) is 47.4 Å². The van der Waals surface area contributed by atoms with Gasteiger partial charge in [0.15, 0.2) is 0 Å². The van der Waals surface area contributed by atoms with Crippen LogP contribution < -0.4 is 10.1 Å². The minimum atomic E-state index is -0.513. The van der Waals surface area contributed by atoms with Crippen LogP contribution in [0.2, 0.25) is 0 Å². The first-order chi connectivity index (χ1) is 12.0. The highest BCUT2D eigenvalue weighted by Gasteiger charge is 2.38. The number of benzene rings is 2. The Morgan fingerprint density at radius 2 is 1.88 bits per heavy atom. The van der Waals surface area contributed by atoms with Gasteiger partial charge in [-0.15, -0.1) is 11.8 Å². The number of rotatable bonds is 7. The lowest BCUT2D eigenvalue weighted by Gasteiger charge is -2.16. The van der Waals surface area contributed by atoms with Crippen molar-refractivity contribution < 1.29 is 13.9 Å². The molecule has 0 radical (unpaired) electrons. The number of unbranched alkanes of at least 4 members (excludes halogenated alkanes) is 1. The molecule has 1 N–H and O–H groups in total. The predicted octanol–water partition coefficient (Wildman–Crippen LogP) is 5.01. The highest BCUT2D eigenvalue weighted by molar-refractivity contribution is 7.99. The van der Waals surface area contributed by atoms with Gasteiger partial charge < -0.3 is 10.1 Å². The van der Waals surface area contributed by atoms with Crippen LogP contribution in [0.5, 0.6) is 5.75 Å². The zero-order chi connectivity index (χ0) is 17.9. The maximum Gasteiger partial charge on any atom is 0.234 e. The Labute approximate surface area is 152 Å². The smallest absolute Gasteiger partial charge is 0.234 e. The molecule has 3 nitrogen and oxygen atoms in total. The van der Waals surface area contributed by atoms with E-state index in [-0.39, 0.29) is 11.7 Å². The molecule has 0 saturated carbocycles. The van der Waals surface area contributed by atoms with Gasteiger partial charge in [0.2, 0.25) is 5.91 Å². The summed E-state index contributed by atoms with van der Waals surface area (Å²) < 4.78 is 18.7. The average molecular weight is 359 g/mol. The first kappa shape index (κ1) is 17.8. The summed E-state index contributed by atoms with van der Waals surface area (Å²) in [6, 6.07) is 12.3. The SMILES string of the molecule is CC1(C)C(=O)Nc2ccc(OCCCCSc3ccc(F)cc3)cc21. The number of thioether (sulfide) groups is 1. The summed E-state index contributed by atoms with van der Waals surface area (Å²) in [6.45, 7) is 4.49. The quantitative estimate of drug-likeness (QED) is 0.558. The predicted molar refractivity (Wildman–Crippen MR) is 100.0 cm³/mol. The zero-order valence-electron chi connectivity index (χ0n) is 14.5. The van der Waals surface area contributed by atoms with Crippen molar-refractivity contribution in [3.63, 3.8) is 0 Å². The van der Waals surface area contributed by atoms with Crippen molar-refractivity contribution in [1.82, 2.24) is 0 Å². The van der Waals surface area contributed by atoms with Gasteiger partial charge in [-0.05, 0) is 80.5 Å². The normalized spacial score (nSPS) is 14.9. The molecule has 0 aliphatic carbocycles. The highest BCUT2D eigenvalue weighted by Crippen LogP contribution is 2.39. The van der Waals surface area contributed by atoms with E-state index in [0.29, 0.717) is 6.61 Å². The van der Waals surface area contributed by atoms with Crippen molar-refractivity contribution in [2.24, 2.45) is 0 Å². The highest BCUT2D eigenvalue weighted by atomic mass is 32.2. The van der Waals surface area contributed by atoms with Gasteiger partial charge in [0.25, 0.3) is 0 Å². The molecule has 3 rings (SSSR count). The van der Waals surface area contributed by atoms with Crippen LogP contribution in [0, 0.1) is 5.82 Å². The van der Waals surface area contributed by atoms with Crippen LogP contribution in [0.25, 0.3) is 0 Å². The van der Waals surface area contributed by atoms with E-state index in [1.807, 2.05) is 32.0 Å². The lowest BCUT2D eigenvalue weighted by Crippen LogP contribution is -2.26. The van der Waals surface area contributed by atoms with Crippen LogP contribution >= 0.6 is 11.8 Å². The topological polar surface area (TPSA) is 38.3 Å². The van der Waals surface area contributed by atoms with Gasteiger partial charge in [0.1, 0.15) is 11.6 Å². The lowest BCUT2D eigenvalue weighted by molar-refractivity contribution is -0.119. The molecule has 1 amide bonds. The second kappa shape index (κ2) is 7.48. The Kier molecular flexibility index (Phi) is 5.33. The molecule has 0 aromatic heterocycles. The first-order valence-electron chi connectivity index (χ1n) is 8.44. The largest absolute Gasteiger partial charge is 0.494 e. The number of hydrogen-bond acceptors (Lipinski definition) is 3. The molecule has 0 fully saturated rings. The van der Waals surface area contributed by atoms with Gasteiger partial charge >= 0.3 is 0 Å². The van der Waals surface area contributed by atoms with Crippen molar-refractivity contribution in [2.75, 3.05) is 17.7 Å². The van der Waals surface area contributed by atoms with Gasteiger partial charge in [-0.1, -0.05) is 0 Å². The molecule has 1 aliphatic rings. The van der Waals surface area contributed by atoms with Crippen molar-refractivity contribution >= 4 is 23.4 Å². The Morgan fingerprint density at radius 1 is 1.12 bits per heavy atom. The molecular formula is C20H22FNO2S. The summed E-state index contributed by atoms with van der Waals surface area (Å²) in [4.78, 5) is 13.0. The van der Waals surface area contributed by atoms with Crippen LogP contribution in [0.4, 0.5) is 10.1 Å². The third-order valence-electron chi connectivity index (χ3n) is 4.37. The first-order valence-corrected chi connectivity index (χ1v) is 9.42. The number of hydrogen-bond donors (Lipinski definition) is 1. The molecule has 1 heterocycles. The number of halogens is 1. The molecule has 0 spiro atoms. The fourth-order valence-electron chi connectivity index (χ4n) is 2.76. The fourth-order valence-corrected chi connectivity index (χ4v) is 3.67. The molecule has 25 heavy (non-hydrogen) atoms. The molecule has 2 aromatic rings. The van der Waals surface area contributed by atoms with Crippen LogP contribution in [-0.2, 0) is 10.2 Å². The van der Waals surface area contributed by atoms with Crippen molar-refractivity contribution in [2.45, 2.75) is 37.0 Å². The summed E-state index contributed by atoms with van der Waals surface area (Å²) in [5.41, 5.74) is 1.35. The van der Waals surface area contributed by atoms with E-state index in [1.54, 1.807) is 23.9 Å². The molecule has 0 atom stereocenters. The van der Waals surface area contributed by atoms with Gasteiger partial charge in [-0.2, -0.15) is 0 Å². The molecule has 0 bridgehead atoms. The van der Waals surface area contributed by atoms with Gasteiger partial charge in [-0.3, -0.25) is 4.79 Å². The summed E-state index contributed by atoms with van der Waals surface area (Å²) in [6.07, 6.45) is 1.98. The standard InChI is InChI=1S/C20H22FNO2S/c1-20(2)17-13-15(7-10-18(17)22-19(20)23)24-11-3-4-12-25-16-8-5-14(21)6-9-16/h5-10,13H,3-4,11-12H2,1-2H3,(H,22,23). The van der Waals surface area contributed by atoms with E-state index in [2.05, 4.69) is 5.32 Å². The lowest BCUT2D eigenvalue weighted by atomic mass is 9.86. The molecule has 2 aromatic carbocycles. The number of amides is 1. The van der Waals surface area contributed by atoms with Gasteiger partial charge in [-0.25, -0.2) is 4.39 Å². The molecule has 0 saturated heterocycles. The minimum Gasteiger partial charge on any atom is -0.494 e. The Bertz CT molecular complexity index is 759. The van der Waals surface area contributed by atoms with Crippen LogP contribution in [-0.4, -0.2) is 18.3 Å². The third-order valence-corrected chi connectivity index (χ3v) is 5.47. The van der Waals surface area contributed by atoms with Crippen LogP contribution in [0.1, 0.15) is 32.3 Å². The summed E-state index contributed by atoms with van der Waals surface area (Å²) in [7, 11) is 0. The second-order valence-corrected chi connectivity index (χ2v) is 7.81. The number of anilines is 1. The summed E-state index contributed by atoms with van der Waals surface area (Å²) >= 11 is 1.72. The zero-order valence-corrected chi connectivity index (χ0v) is 15.3. The van der Waals surface area contributed by atoms with Crippen molar-refractivity contribution in [3.05, 3.63) is 53.8 Å². The molecule has 5 heteroatoms.